The molecule has 0 bridgehead atoms. The molecule has 4 aromatic rings. The predicted molar refractivity (Wildman–Crippen MR) is 188 cm³/mol. The quantitative estimate of drug-likeness (QED) is 0.193. The lowest BCUT2D eigenvalue weighted by molar-refractivity contribution is 0.0951. The van der Waals surface area contributed by atoms with Crippen LogP contribution < -0.4 is 20.3 Å². The van der Waals surface area contributed by atoms with Gasteiger partial charge < -0.3 is 20.4 Å². The number of anilines is 2. The van der Waals surface area contributed by atoms with E-state index < -0.39 is 10.0 Å². The first-order valence-corrected chi connectivity index (χ1v) is 19.1. The minimum absolute atomic E-state index is 0.106. The first-order chi connectivity index (χ1) is 22.3. The summed E-state index contributed by atoms with van der Waals surface area (Å²) in [6.45, 7) is 6.55. The fraction of sp³-hybridized carbons (Fsp3) is 0.382. The Morgan fingerprint density at radius 1 is 0.848 bits per heavy atom. The molecule has 0 aliphatic carbocycles. The zero-order valence-corrected chi connectivity index (χ0v) is 28.6. The number of sulfonamides is 1. The molecule has 46 heavy (non-hydrogen) atoms. The number of carbonyl (C=O) groups excluding carboxylic acids is 1. The normalized spacial score (nSPS) is 16.8. The number of likely N-dealkylation sites (tertiary alicyclic amines) is 1. The van der Waals surface area contributed by atoms with E-state index in [2.05, 4.69) is 61.4 Å². The van der Waals surface area contributed by atoms with Crippen molar-refractivity contribution < 1.29 is 13.2 Å². The SMILES string of the molecule is CN1CCN(c2cc(NC3CCN(Cc4ccccc4)CC3)c(S(=O)(=O)NCc3cccs3)cc2C(=O)NCc2cccs2)CC1. The van der Waals surface area contributed by atoms with Crippen molar-refractivity contribution in [1.82, 2.24) is 19.8 Å². The topological polar surface area (TPSA) is 97.0 Å². The molecule has 0 atom stereocenters. The summed E-state index contributed by atoms with van der Waals surface area (Å²) in [5.74, 6) is -0.280. The zero-order chi connectivity index (χ0) is 31.9. The van der Waals surface area contributed by atoms with E-state index in [1.54, 1.807) is 17.4 Å². The highest BCUT2D eigenvalue weighted by molar-refractivity contribution is 7.89. The summed E-state index contributed by atoms with van der Waals surface area (Å²) in [7, 11) is -1.87. The molecule has 0 radical (unpaired) electrons. The summed E-state index contributed by atoms with van der Waals surface area (Å²) < 4.78 is 30.8. The molecule has 3 N–H and O–H groups in total. The number of likely N-dealkylation sites (N-methyl/N-ethyl adjacent to an activating group) is 1. The molecule has 0 unspecified atom stereocenters. The minimum Gasteiger partial charge on any atom is -0.381 e. The smallest absolute Gasteiger partial charge is 0.253 e. The van der Waals surface area contributed by atoms with Crippen molar-refractivity contribution in [3.05, 3.63) is 98.4 Å². The maximum Gasteiger partial charge on any atom is 0.253 e. The van der Waals surface area contributed by atoms with Gasteiger partial charge in [0.05, 0.1) is 23.5 Å². The van der Waals surface area contributed by atoms with Gasteiger partial charge in [-0.05, 0) is 60.5 Å². The van der Waals surface area contributed by atoms with Gasteiger partial charge in [-0.3, -0.25) is 9.69 Å². The largest absolute Gasteiger partial charge is 0.381 e. The fourth-order valence-electron chi connectivity index (χ4n) is 6.02. The molecule has 2 aliphatic heterocycles. The molecule has 244 valence electrons. The first kappa shape index (κ1) is 32.7. The van der Waals surface area contributed by atoms with Crippen LogP contribution in [0, 0.1) is 0 Å². The van der Waals surface area contributed by atoms with Crippen molar-refractivity contribution in [3.63, 3.8) is 0 Å². The molecule has 2 fully saturated rings. The highest BCUT2D eigenvalue weighted by Crippen LogP contribution is 2.34. The van der Waals surface area contributed by atoms with Crippen molar-refractivity contribution >= 4 is 50.0 Å². The van der Waals surface area contributed by atoms with Crippen LogP contribution in [0.25, 0.3) is 0 Å². The third-order valence-electron chi connectivity index (χ3n) is 8.69. The van der Waals surface area contributed by atoms with Crippen LogP contribution in [0.2, 0.25) is 0 Å². The van der Waals surface area contributed by atoms with Crippen molar-refractivity contribution in [2.24, 2.45) is 0 Å². The molecule has 9 nitrogen and oxygen atoms in total. The van der Waals surface area contributed by atoms with Crippen LogP contribution in [0.15, 0.2) is 82.4 Å². The number of benzene rings is 2. The van der Waals surface area contributed by atoms with Crippen molar-refractivity contribution in [3.8, 4) is 0 Å². The zero-order valence-electron chi connectivity index (χ0n) is 26.2. The number of amides is 1. The summed E-state index contributed by atoms with van der Waals surface area (Å²) in [5, 5.41) is 10.6. The second-order valence-electron chi connectivity index (χ2n) is 12.0. The average Bonchev–Trinajstić information content (AvgIpc) is 3.79. The number of piperazine rings is 1. The van der Waals surface area contributed by atoms with Gasteiger partial charge in [0, 0.05) is 68.2 Å². The standard InChI is InChI=1S/C34H42N6O3S3/c1-38-15-17-40(18-16-38)32-22-31(37-27-11-13-39(14-12-27)25-26-7-3-2-4-8-26)33(46(42,43)36-24-29-10-6-20-45-29)21-30(32)34(41)35-23-28-9-5-19-44-28/h2-10,19-22,27,36-37H,11-18,23-25H2,1H3,(H,35,41). The Balaban J connectivity index is 1.29. The molecule has 0 saturated carbocycles. The van der Waals surface area contributed by atoms with Gasteiger partial charge in [0.2, 0.25) is 10.0 Å². The number of nitrogens with zero attached hydrogens (tertiary/aromatic N) is 3. The highest BCUT2D eigenvalue weighted by Gasteiger charge is 2.29. The van der Waals surface area contributed by atoms with Crippen molar-refractivity contribution in [2.45, 2.75) is 43.4 Å². The molecular formula is C34H42N6O3S3. The number of nitrogens with one attached hydrogen (secondary N) is 3. The van der Waals surface area contributed by atoms with Crippen LogP contribution in [0.4, 0.5) is 11.4 Å². The lowest BCUT2D eigenvalue weighted by Crippen LogP contribution is -2.45. The van der Waals surface area contributed by atoms with Crippen LogP contribution in [0.5, 0.6) is 0 Å². The van der Waals surface area contributed by atoms with Gasteiger partial charge in [-0.2, -0.15) is 0 Å². The van der Waals surface area contributed by atoms with E-state index in [4.69, 9.17) is 0 Å². The number of piperidine rings is 1. The number of hydrogen-bond donors (Lipinski definition) is 3. The highest BCUT2D eigenvalue weighted by atomic mass is 32.2. The Hall–Kier alpha value is -3.26. The molecule has 2 aromatic heterocycles. The summed E-state index contributed by atoms with van der Waals surface area (Å²) in [4.78, 5) is 22.8. The Kier molecular flexibility index (Phi) is 10.7. The van der Waals surface area contributed by atoms with Crippen LogP contribution >= 0.6 is 22.7 Å². The maximum atomic E-state index is 14.0. The molecule has 12 heteroatoms. The number of hydrogen-bond acceptors (Lipinski definition) is 9. The van der Waals surface area contributed by atoms with E-state index >= 15 is 0 Å². The summed E-state index contributed by atoms with van der Waals surface area (Å²) in [6, 6.07) is 21.8. The predicted octanol–water partition coefficient (Wildman–Crippen LogP) is 5.05. The monoisotopic (exact) mass is 678 g/mol. The molecule has 0 spiro atoms. The van der Waals surface area contributed by atoms with E-state index in [9.17, 15) is 13.2 Å². The lowest BCUT2D eigenvalue weighted by Gasteiger charge is -2.36. The second kappa shape index (κ2) is 15.1. The van der Waals surface area contributed by atoms with Gasteiger partial charge in [0.1, 0.15) is 4.90 Å². The van der Waals surface area contributed by atoms with Gasteiger partial charge in [0.25, 0.3) is 5.91 Å². The Morgan fingerprint density at radius 3 is 2.17 bits per heavy atom. The van der Waals surface area contributed by atoms with Crippen LogP contribution in [0.1, 0.15) is 38.5 Å². The summed E-state index contributed by atoms with van der Waals surface area (Å²) in [5.41, 5.74) is 2.98. The number of thiophene rings is 2. The van der Waals surface area contributed by atoms with Crippen LogP contribution in [0.3, 0.4) is 0 Å². The fourth-order valence-corrected chi connectivity index (χ4v) is 8.59. The van der Waals surface area contributed by atoms with Crippen molar-refractivity contribution in [2.75, 3.05) is 56.5 Å². The molecule has 2 aliphatic rings. The van der Waals surface area contributed by atoms with Crippen LogP contribution in [-0.2, 0) is 29.7 Å². The van der Waals surface area contributed by atoms with E-state index in [1.807, 2.05) is 47.2 Å². The third-order valence-corrected chi connectivity index (χ3v) is 11.9. The van der Waals surface area contributed by atoms with Crippen molar-refractivity contribution in [1.29, 1.82) is 0 Å². The number of carbonyl (C=O) groups is 1. The molecular weight excluding hydrogens is 637 g/mol. The number of rotatable bonds is 12. The third kappa shape index (κ3) is 8.36. The Morgan fingerprint density at radius 2 is 1.52 bits per heavy atom. The van der Waals surface area contributed by atoms with Gasteiger partial charge >= 0.3 is 0 Å². The van der Waals surface area contributed by atoms with Crippen LogP contribution in [-0.4, -0.2) is 76.5 Å². The van der Waals surface area contributed by atoms with Gasteiger partial charge in [-0.25, -0.2) is 13.1 Å². The molecule has 6 rings (SSSR count). The Bertz CT molecular complexity index is 1660. The molecule has 1 amide bonds. The maximum absolute atomic E-state index is 14.0. The minimum atomic E-state index is -3.96. The average molecular weight is 679 g/mol. The van der Waals surface area contributed by atoms with Gasteiger partial charge in [0.15, 0.2) is 0 Å². The van der Waals surface area contributed by atoms with E-state index in [0.717, 1.165) is 74.1 Å². The van der Waals surface area contributed by atoms with E-state index in [1.165, 1.54) is 16.9 Å². The van der Waals surface area contributed by atoms with E-state index in [-0.39, 0.29) is 23.4 Å². The molecule has 2 saturated heterocycles. The molecule has 4 heterocycles. The first-order valence-electron chi connectivity index (χ1n) is 15.8. The lowest BCUT2D eigenvalue weighted by atomic mass is 10.0. The van der Waals surface area contributed by atoms with Gasteiger partial charge in [-0.15, -0.1) is 22.7 Å². The Labute approximate surface area is 280 Å². The van der Waals surface area contributed by atoms with Gasteiger partial charge in [-0.1, -0.05) is 42.5 Å². The summed E-state index contributed by atoms with van der Waals surface area (Å²) >= 11 is 3.08. The second-order valence-corrected chi connectivity index (χ2v) is 15.8. The van der Waals surface area contributed by atoms with E-state index in [0.29, 0.717) is 17.8 Å². The summed E-state index contributed by atoms with van der Waals surface area (Å²) in [6.07, 6.45) is 1.78. The molecule has 2 aromatic carbocycles.